The average molecular weight is 393 g/mol. The second-order valence-electron chi connectivity index (χ2n) is 8.25. The lowest BCUT2D eigenvalue weighted by atomic mass is 10.1. The van der Waals surface area contributed by atoms with Crippen molar-refractivity contribution in [3.05, 3.63) is 33.9 Å². The summed E-state index contributed by atoms with van der Waals surface area (Å²) >= 11 is 1.79. The van der Waals surface area contributed by atoms with Gasteiger partial charge in [0, 0.05) is 37.5 Å². The highest BCUT2D eigenvalue weighted by molar-refractivity contribution is 8.14. The van der Waals surface area contributed by atoms with Crippen LogP contribution in [0.2, 0.25) is 0 Å². The van der Waals surface area contributed by atoms with Gasteiger partial charge in [-0.1, -0.05) is 39.5 Å². The number of non-ortho nitro benzene ring substituents is 1. The van der Waals surface area contributed by atoms with Crippen molar-refractivity contribution in [3.8, 4) is 0 Å². The highest BCUT2D eigenvalue weighted by atomic mass is 32.2. The van der Waals surface area contributed by atoms with Gasteiger partial charge in [0.25, 0.3) is 5.69 Å². The van der Waals surface area contributed by atoms with E-state index in [1.165, 1.54) is 6.07 Å². The van der Waals surface area contributed by atoms with Gasteiger partial charge in [-0.2, -0.15) is 0 Å². The number of nitrogens with zero attached hydrogens (tertiary/aromatic N) is 4. The van der Waals surface area contributed by atoms with E-state index in [0.717, 1.165) is 41.8 Å². The highest BCUT2D eigenvalue weighted by Crippen LogP contribution is 2.31. The minimum absolute atomic E-state index is 0.114. The van der Waals surface area contributed by atoms with E-state index in [4.69, 9.17) is 4.99 Å². The fourth-order valence-electron chi connectivity index (χ4n) is 3.41. The molecule has 0 aliphatic carbocycles. The van der Waals surface area contributed by atoms with Crippen LogP contribution >= 0.6 is 11.8 Å². The number of hydrogen-bond acceptors (Lipinski definition) is 5. The normalized spacial score (nSPS) is 19.1. The van der Waals surface area contributed by atoms with E-state index in [-0.39, 0.29) is 10.6 Å². The van der Waals surface area contributed by atoms with E-state index in [1.54, 1.807) is 23.9 Å². The van der Waals surface area contributed by atoms with Gasteiger partial charge in [0.05, 0.1) is 16.7 Å². The quantitative estimate of drug-likeness (QED) is 0.480. The number of nitro groups is 1. The summed E-state index contributed by atoms with van der Waals surface area (Å²) in [6.45, 7) is 13.9. The number of hydrogen-bond donors (Lipinski definition) is 0. The predicted molar refractivity (Wildman–Crippen MR) is 115 cm³/mol. The lowest BCUT2D eigenvalue weighted by Gasteiger charge is -2.31. The molecule has 0 radical (unpaired) electrons. The summed E-state index contributed by atoms with van der Waals surface area (Å²) in [5.74, 6) is 2.23. The summed E-state index contributed by atoms with van der Waals surface area (Å²) in [5, 5.41) is 12.0. The maximum atomic E-state index is 11.0. The van der Waals surface area contributed by atoms with E-state index in [0.29, 0.717) is 17.9 Å². The standard InChI is InChI=1S/C20H32N4O2S/c1-14(2)10-22(6)12-18-13-27-20(23(18)11-15(3)4)21-19-8-7-17(24(25)26)9-16(19)5/h7-9,14-15,18H,10-13H2,1-6H3. The van der Waals surface area contributed by atoms with Crippen LogP contribution in [-0.2, 0) is 0 Å². The van der Waals surface area contributed by atoms with Crippen LogP contribution in [-0.4, -0.2) is 58.4 Å². The van der Waals surface area contributed by atoms with Crippen LogP contribution in [0.1, 0.15) is 33.3 Å². The lowest BCUT2D eigenvalue weighted by Crippen LogP contribution is -2.44. The number of benzene rings is 1. The number of rotatable bonds is 8. The van der Waals surface area contributed by atoms with Crippen molar-refractivity contribution in [1.82, 2.24) is 9.80 Å². The Bertz CT molecular complexity index is 691. The predicted octanol–water partition coefficient (Wildman–Crippen LogP) is 4.55. The molecule has 1 unspecified atom stereocenters. The van der Waals surface area contributed by atoms with E-state index >= 15 is 0 Å². The summed E-state index contributed by atoms with van der Waals surface area (Å²) in [5.41, 5.74) is 1.76. The summed E-state index contributed by atoms with van der Waals surface area (Å²) in [4.78, 5) is 20.3. The number of amidine groups is 1. The molecule has 0 saturated carbocycles. The van der Waals surface area contributed by atoms with Gasteiger partial charge in [0.1, 0.15) is 0 Å². The van der Waals surface area contributed by atoms with Crippen LogP contribution < -0.4 is 0 Å². The molecule has 0 amide bonds. The fourth-order valence-corrected chi connectivity index (χ4v) is 4.59. The van der Waals surface area contributed by atoms with Crippen molar-refractivity contribution in [2.24, 2.45) is 16.8 Å². The third kappa shape index (κ3) is 6.21. The Morgan fingerprint density at radius 1 is 1.33 bits per heavy atom. The first-order valence-electron chi connectivity index (χ1n) is 9.59. The molecule has 150 valence electrons. The molecule has 0 aromatic heterocycles. The summed E-state index contributed by atoms with van der Waals surface area (Å²) in [6.07, 6.45) is 0. The molecule has 27 heavy (non-hydrogen) atoms. The summed E-state index contributed by atoms with van der Waals surface area (Å²) < 4.78 is 0. The molecule has 1 atom stereocenters. The monoisotopic (exact) mass is 392 g/mol. The van der Waals surface area contributed by atoms with Gasteiger partial charge in [0.2, 0.25) is 0 Å². The summed E-state index contributed by atoms with van der Waals surface area (Å²) in [7, 11) is 2.19. The molecular weight excluding hydrogens is 360 g/mol. The number of aryl methyl sites for hydroxylation is 1. The Balaban J connectivity index is 2.22. The molecule has 2 rings (SSSR count). The molecule has 1 aromatic rings. The molecule has 1 heterocycles. The zero-order valence-corrected chi connectivity index (χ0v) is 18.1. The SMILES string of the molecule is Cc1cc([N+](=O)[O-])ccc1N=C1SCC(CN(C)CC(C)C)N1CC(C)C. The Morgan fingerprint density at radius 2 is 2.04 bits per heavy atom. The van der Waals surface area contributed by atoms with Gasteiger partial charge in [-0.25, -0.2) is 4.99 Å². The van der Waals surface area contributed by atoms with Crippen LogP contribution in [0.15, 0.2) is 23.2 Å². The van der Waals surface area contributed by atoms with Crippen LogP contribution in [0.4, 0.5) is 11.4 Å². The van der Waals surface area contributed by atoms with Gasteiger partial charge in [-0.3, -0.25) is 10.1 Å². The van der Waals surface area contributed by atoms with Gasteiger partial charge in [-0.05, 0) is 37.4 Å². The van der Waals surface area contributed by atoms with Gasteiger partial charge < -0.3 is 9.80 Å². The zero-order chi connectivity index (χ0) is 20.1. The van der Waals surface area contributed by atoms with Crippen LogP contribution in [0.5, 0.6) is 0 Å². The van der Waals surface area contributed by atoms with Gasteiger partial charge in [0.15, 0.2) is 5.17 Å². The van der Waals surface area contributed by atoms with E-state index in [2.05, 4.69) is 44.5 Å². The topological polar surface area (TPSA) is 62.0 Å². The largest absolute Gasteiger partial charge is 0.346 e. The molecule has 1 aliphatic rings. The second-order valence-corrected chi connectivity index (χ2v) is 9.24. The molecule has 0 spiro atoms. The Hall–Kier alpha value is -1.60. The van der Waals surface area contributed by atoms with E-state index in [9.17, 15) is 10.1 Å². The first-order chi connectivity index (χ1) is 12.7. The second kappa shape index (κ2) is 9.55. The van der Waals surface area contributed by atoms with Crippen molar-refractivity contribution in [2.45, 2.75) is 40.7 Å². The van der Waals surface area contributed by atoms with E-state index in [1.807, 2.05) is 6.92 Å². The molecule has 7 heteroatoms. The number of nitro benzene ring substituents is 1. The molecule has 1 aliphatic heterocycles. The smallest absolute Gasteiger partial charge is 0.269 e. The highest BCUT2D eigenvalue weighted by Gasteiger charge is 2.31. The maximum Gasteiger partial charge on any atom is 0.269 e. The molecule has 0 N–H and O–H groups in total. The number of aliphatic imine (C=N–C) groups is 1. The fraction of sp³-hybridized carbons (Fsp3) is 0.650. The van der Waals surface area contributed by atoms with Crippen molar-refractivity contribution in [1.29, 1.82) is 0 Å². The van der Waals surface area contributed by atoms with Crippen LogP contribution in [0.25, 0.3) is 0 Å². The van der Waals surface area contributed by atoms with Crippen LogP contribution in [0.3, 0.4) is 0 Å². The van der Waals surface area contributed by atoms with Crippen molar-refractivity contribution < 1.29 is 4.92 Å². The minimum Gasteiger partial charge on any atom is -0.346 e. The van der Waals surface area contributed by atoms with Gasteiger partial charge >= 0.3 is 0 Å². The minimum atomic E-state index is -0.361. The van der Waals surface area contributed by atoms with Crippen molar-refractivity contribution in [2.75, 3.05) is 32.4 Å². The first kappa shape index (κ1) is 21.7. The molecule has 0 bridgehead atoms. The molecule has 1 aromatic carbocycles. The zero-order valence-electron chi connectivity index (χ0n) is 17.3. The summed E-state index contributed by atoms with van der Waals surface area (Å²) in [6, 6.07) is 5.33. The Morgan fingerprint density at radius 3 is 2.59 bits per heavy atom. The molecule has 1 fully saturated rings. The van der Waals surface area contributed by atoms with Crippen LogP contribution in [0, 0.1) is 28.9 Å². The Labute approximate surface area is 167 Å². The van der Waals surface area contributed by atoms with Crippen molar-refractivity contribution >= 4 is 28.3 Å². The lowest BCUT2D eigenvalue weighted by molar-refractivity contribution is -0.384. The Kier molecular flexibility index (Phi) is 7.68. The maximum absolute atomic E-state index is 11.0. The van der Waals surface area contributed by atoms with Crippen molar-refractivity contribution in [3.63, 3.8) is 0 Å². The van der Waals surface area contributed by atoms with Gasteiger partial charge in [-0.15, -0.1) is 0 Å². The molecule has 1 saturated heterocycles. The average Bonchev–Trinajstić information content (AvgIpc) is 2.89. The third-order valence-corrected chi connectivity index (χ3v) is 5.60. The molecule has 6 nitrogen and oxygen atoms in total. The first-order valence-corrected chi connectivity index (χ1v) is 10.6. The van der Waals surface area contributed by atoms with E-state index < -0.39 is 0 Å². The number of likely N-dealkylation sites (N-methyl/N-ethyl adjacent to an activating group) is 1. The third-order valence-electron chi connectivity index (χ3n) is 4.46. The number of thioether (sulfide) groups is 1. The molecular formula is C20H32N4O2S.